The predicted octanol–water partition coefficient (Wildman–Crippen LogP) is 3.01. The van der Waals surface area contributed by atoms with E-state index in [1.165, 1.54) is 0 Å². The Morgan fingerprint density at radius 2 is 1.97 bits per heavy atom. The van der Waals surface area contributed by atoms with Crippen molar-refractivity contribution in [3.8, 4) is 0 Å². The van der Waals surface area contributed by atoms with E-state index in [9.17, 15) is 0 Å². The molecule has 0 aliphatic heterocycles. The average Bonchev–Trinajstić information content (AvgIpc) is 3.21. The molecule has 0 atom stereocenters. The molecule has 0 amide bonds. The molecule has 4 heterocycles. The van der Waals surface area contributed by atoms with Gasteiger partial charge in [-0.05, 0) is 29.8 Å². The average molecular weight is 427 g/mol. The van der Waals surface area contributed by atoms with Gasteiger partial charge in [0.25, 0.3) is 0 Å². The molecule has 0 fully saturated rings. The van der Waals surface area contributed by atoms with E-state index in [2.05, 4.69) is 46.9 Å². The summed E-state index contributed by atoms with van der Waals surface area (Å²) < 4.78 is 6.81. The van der Waals surface area contributed by atoms with Gasteiger partial charge in [0, 0.05) is 43.2 Å². The first kappa shape index (κ1) is 19.8. The number of hydrogen-bond donors (Lipinski definition) is 2. The highest BCUT2D eigenvalue weighted by Crippen LogP contribution is 2.19. The van der Waals surface area contributed by atoms with E-state index in [-0.39, 0.29) is 0 Å². The first-order valence-electron chi connectivity index (χ1n) is 10.1. The van der Waals surface area contributed by atoms with Crippen LogP contribution in [0.15, 0.2) is 61.1 Å². The minimum Gasteiger partial charge on any atom is -0.383 e. The van der Waals surface area contributed by atoms with E-state index in [0.29, 0.717) is 42.6 Å². The lowest BCUT2D eigenvalue weighted by molar-refractivity contribution is 0.211. The van der Waals surface area contributed by atoms with Gasteiger partial charge in [-0.3, -0.25) is 4.98 Å². The van der Waals surface area contributed by atoms with E-state index < -0.39 is 0 Å². The van der Waals surface area contributed by atoms with E-state index in [1.807, 2.05) is 36.4 Å². The number of rotatable bonds is 8. The summed E-state index contributed by atoms with van der Waals surface area (Å²) in [7, 11) is 1.67. The Hall–Kier alpha value is -4.18. The van der Waals surface area contributed by atoms with Crippen LogP contribution in [0.5, 0.6) is 0 Å². The second-order valence-corrected chi connectivity index (χ2v) is 7.15. The summed E-state index contributed by atoms with van der Waals surface area (Å²) in [5.41, 5.74) is 4.05. The molecule has 10 heteroatoms. The first-order chi connectivity index (χ1) is 15.8. The van der Waals surface area contributed by atoms with Crippen molar-refractivity contribution in [3.63, 3.8) is 0 Å². The maximum atomic E-state index is 5.07. The second kappa shape index (κ2) is 8.90. The molecule has 5 aromatic rings. The number of methoxy groups -OCH3 is 1. The molecular weight excluding hydrogens is 406 g/mol. The summed E-state index contributed by atoms with van der Waals surface area (Å²) in [6.45, 7) is 1.86. The zero-order valence-electron chi connectivity index (χ0n) is 17.4. The Bertz CT molecular complexity index is 1370. The van der Waals surface area contributed by atoms with Crippen molar-refractivity contribution in [1.29, 1.82) is 0 Å². The number of benzene rings is 1. The molecule has 1 aromatic carbocycles. The molecule has 0 aliphatic rings. The van der Waals surface area contributed by atoms with Crippen LogP contribution in [-0.4, -0.2) is 55.2 Å². The third-order valence-corrected chi connectivity index (χ3v) is 4.88. The van der Waals surface area contributed by atoms with Crippen molar-refractivity contribution in [3.05, 3.63) is 66.6 Å². The minimum atomic E-state index is 0.487. The fourth-order valence-corrected chi connectivity index (χ4v) is 3.36. The molecule has 4 aromatic heterocycles. The van der Waals surface area contributed by atoms with Crippen LogP contribution in [0.2, 0.25) is 0 Å². The highest BCUT2D eigenvalue weighted by Gasteiger charge is 2.10. The zero-order chi connectivity index (χ0) is 21.8. The van der Waals surface area contributed by atoms with Gasteiger partial charge in [0.2, 0.25) is 5.65 Å². The van der Waals surface area contributed by atoms with E-state index in [1.54, 1.807) is 30.4 Å². The Labute approximate surface area is 183 Å². The normalized spacial score (nSPS) is 11.2. The van der Waals surface area contributed by atoms with Crippen LogP contribution in [-0.2, 0) is 11.3 Å². The maximum absolute atomic E-state index is 5.07. The molecule has 0 spiro atoms. The Kier molecular flexibility index (Phi) is 5.50. The summed E-state index contributed by atoms with van der Waals surface area (Å²) in [4.78, 5) is 17.8. The maximum Gasteiger partial charge on any atom is 0.221 e. The lowest BCUT2D eigenvalue weighted by Crippen LogP contribution is -2.08. The summed E-state index contributed by atoms with van der Waals surface area (Å²) in [6.07, 6.45) is 5.14. The molecule has 2 N–H and O–H groups in total. The summed E-state index contributed by atoms with van der Waals surface area (Å²) >= 11 is 0. The van der Waals surface area contributed by atoms with Crippen LogP contribution in [0.4, 0.5) is 17.3 Å². The predicted molar refractivity (Wildman–Crippen MR) is 122 cm³/mol. The molecule has 32 heavy (non-hydrogen) atoms. The molecule has 5 rings (SSSR count). The van der Waals surface area contributed by atoms with Crippen molar-refractivity contribution in [2.75, 3.05) is 30.9 Å². The van der Waals surface area contributed by atoms with Gasteiger partial charge in [-0.25, -0.2) is 19.6 Å². The SMILES string of the molecule is COCCNc1ccnc(Nc2cnc3nnn(Cc4ccc5ncccc5c4)c3n2)c1. The largest absolute Gasteiger partial charge is 0.383 e. The smallest absolute Gasteiger partial charge is 0.221 e. The third kappa shape index (κ3) is 4.30. The molecule has 0 bridgehead atoms. The Morgan fingerprint density at radius 1 is 1.00 bits per heavy atom. The zero-order valence-corrected chi connectivity index (χ0v) is 17.4. The van der Waals surface area contributed by atoms with Crippen LogP contribution in [0.3, 0.4) is 0 Å². The van der Waals surface area contributed by atoms with E-state index >= 15 is 0 Å². The molecular formula is C22H21N9O. The van der Waals surface area contributed by atoms with Gasteiger partial charge in [-0.2, -0.15) is 0 Å². The first-order valence-corrected chi connectivity index (χ1v) is 10.1. The van der Waals surface area contributed by atoms with Gasteiger partial charge < -0.3 is 15.4 Å². The van der Waals surface area contributed by atoms with Crippen LogP contribution in [0.25, 0.3) is 22.2 Å². The molecule has 0 aliphatic carbocycles. The van der Waals surface area contributed by atoms with E-state index in [4.69, 9.17) is 4.74 Å². The summed E-state index contributed by atoms with van der Waals surface area (Å²) in [6, 6.07) is 13.9. The monoisotopic (exact) mass is 427 g/mol. The van der Waals surface area contributed by atoms with E-state index in [0.717, 1.165) is 22.2 Å². The summed E-state index contributed by atoms with van der Waals surface area (Å²) in [5, 5.41) is 15.9. The van der Waals surface area contributed by atoms with Crippen LogP contribution in [0.1, 0.15) is 5.56 Å². The Morgan fingerprint density at radius 3 is 2.91 bits per heavy atom. The highest BCUT2D eigenvalue weighted by molar-refractivity contribution is 5.79. The molecule has 160 valence electrons. The molecule has 0 saturated carbocycles. The van der Waals surface area contributed by atoms with Crippen molar-refractivity contribution in [2.45, 2.75) is 6.54 Å². The second-order valence-electron chi connectivity index (χ2n) is 7.15. The number of nitrogens with zero attached hydrogens (tertiary/aromatic N) is 7. The number of nitrogens with one attached hydrogen (secondary N) is 2. The number of hydrogen-bond acceptors (Lipinski definition) is 9. The van der Waals surface area contributed by atoms with Crippen molar-refractivity contribution >= 4 is 39.5 Å². The van der Waals surface area contributed by atoms with Gasteiger partial charge >= 0.3 is 0 Å². The standard InChI is InChI=1S/C22H21N9O/c1-32-10-9-23-17-6-8-25-19(12-17)27-20-13-26-21-22(28-20)31(30-29-21)14-15-4-5-18-16(11-15)3-2-7-24-18/h2-8,11-13H,9-10,14H2,1H3,(H2,23,25,27,28). The van der Waals surface area contributed by atoms with Gasteiger partial charge in [0.1, 0.15) is 5.82 Å². The number of anilines is 3. The lowest BCUT2D eigenvalue weighted by atomic mass is 10.1. The van der Waals surface area contributed by atoms with Crippen molar-refractivity contribution < 1.29 is 4.74 Å². The number of ether oxygens (including phenoxy) is 1. The van der Waals surface area contributed by atoms with Gasteiger partial charge in [0.05, 0.1) is 24.9 Å². The molecule has 10 nitrogen and oxygen atoms in total. The number of aromatic nitrogens is 7. The fraction of sp³-hybridized carbons (Fsp3) is 0.182. The highest BCUT2D eigenvalue weighted by atomic mass is 16.5. The van der Waals surface area contributed by atoms with Crippen LogP contribution < -0.4 is 10.6 Å². The van der Waals surface area contributed by atoms with Crippen LogP contribution in [0, 0.1) is 0 Å². The molecule has 0 saturated heterocycles. The van der Waals surface area contributed by atoms with Gasteiger partial charge in [-0.1, -0.05) is 17.3 Å². The van der Waals surface area contributed by atoms with Gasteiger partial charge in [-0.15, -0.1) is 5.10 Å². The van der Waals surface area contributed by atoms with Gasteiger partial charge in [0.15, 0.2) is 11.5 Å². The number of pyridine rings is 2. The van der Waals surface area contributed by atoms with Crippen molar-refractivity contribution in [1.82, 2.24) is 34.9 Å². The molecule has 0 unspecified atom stereocenters. The number of fused-ring (bicyclic) bond motifs is 2. The summed E-state index contributed by atoms with van der Waals surface area (Å²) in [5.74, 6) is 1.22. The lowest BCUT2D eigenvalue weighted by Gasteiger charge is -2.09. The molecule has 0 radical (unpaired) electrons. The van der Waals surface area contributed by atoms with Crippen molar-refractivity contribution in [2.24, 2.45) is 0 Å². The Balaban J connectivity index is 1.37. The quantitative estimate of drug-likeness (QED) is 0.361. The third-order valence-electron chi connectivity index (χ3n) is 4.88. The minimum absolute atomic E-state index is 0.487. The topological polar surface area (TPSA) is 116 Å². The van der Waals surface area contributed by atoms with Crippen LogP contribution >= 0.6 is 0 Å². The fourth-order valence-electron chi connectivity index (χ4n) is 3.36.